The maximum atomic E-state index is 12.9. The lowest BCUT2D eigenvalue weighted by atomic mass is 9.95. The van der Waals surface area contributed by atoms with E-state index in [1.165, 1.54) is 0 Å². The van der Waals surface area contributed by atoms with E-state index in [2.05, 4.69) is 10.3 Å². The average molecular weight is 407 g/mol. The molecular weight excluding hydrogens is 388 g/mol. The van der Waals surface area contributed by atoms with Gasteiger partial charge < -0.3 is 20.4 Å². The molecule has 6 nitrogen and oxygen atoms in total. The summed E-state index contributed by atoms with van der Waals surface area (Å²) >= 11 is 6.11. The highest BCUT2D eigenvalue weighted by molar-refractivity contribution is 6.30. The Kier molecular flexibility index (Phi) is 4.19. The van der Waals surface area contributed by atoms with Crippen molar-refractivity contribution in [2.75, 3.05) is 10.2 Å². The van der Waals surface area contributed by atoms with Crippen molar-refractivity contribution in [2.45, 2.75) is 24.4 Å². The highest BCUT2D eigenvalue weighted by Gasteiger charge is 2.51. The summed E-state index contributed by atoms with van der Waals surface area (Å²) in [6.45, 7) is 0. The van der Waals surface area contributed by atoms with E-state index in [9.17, 15) is 4.79 Å². The first-order valence-electron chi connectivity index (χ1n) is 9.40. The lowest BCUT2D eigenvalue weighted by molar-refractivity contribution is -0.118. The summed E-state index contributed by atoms with van der Waals surface area (Å²) in [6, 6.07) is 16.9. The molecule has 1 aliphatic heterocycles. The standard InChI is InChI=1S/C22H19ClN4O2/c23-15-3-1-2-14(12-15)22(9-10-22)21(28)26-16-4-6-17(7-5-16)27-13-25-20-18(19(27)24)8-11-29-20/h1-8,11-13,19H,9-10,24H2,(H,26,28). The zero-order valence-corrected chi connectivity index (χ0v) is 16.3. The van der Waals surface area contributed by atoms with Crippen molar-refractivity contribution in [2.24, 2.45) is 10.7 Å². The van der Waals surface area contributed by atoms with E-state index in [1.54, 1.807) is 12.6 Å². The van der Waals surface area contributed by atoms with Crippen molar-refractivity contribution in [1.82, 2.24) is 0 Å². The zero-order valence-electron chi connectivity index (χ0n) is 15.5. The third-order valence-electron chi connectivity index (χ3n) is 5.58. The van der Waals surface area contributed by atoms with Crippen LogP contribution in [0.1, 0.15) is 30.1 Å². The third-order valence-corrected chi connectivity index (χ3v) is 5.81. The number of amides is 1. The van der Waals surface area contributed by atoms with Crippen LogP contribution in [0.5, 0.6) is 0 Å². The Balaban J connectivity index is 1.32. The predicted octanol–water partition coefficient (Wildman–Crippen LogP) is 4.74. The molecule has 0 saturated heterocycles. The fourth-order valence-electron chi connectivity index (χ4n) is 3.73. The number of nitrogens with zero attached hydrogens (tertiary/aromatic N) is 2. The van der Waals surface area contributed by atoms with Crippen LogP contribution < -0.4 is 16.0 Å². The van der Waals surface area contributed by atoms with Gasteiger partial charge in [-0.15, -0.1) is 0 Å². The van der Waals surface area contributed by atoms with Crippen molar-refractivity contribution >= 4 is 41.1 Å². The zero-order chi connectivity index (χ0) is 20.0. The quantitative estimate of drug-likeness (QED) is 0.655. The lowest BCUT2D eigenvalue weighted by Crippen LogP contribution is -2.35. The van der Waals surface area contributed by atoms with E-state index in [0.29, 0.717) is 10.9 Å². The molecule has 1 aromatic heterocycles. The Hall–Kier alpha value is -3.09. The van der Waals surface area contributed by atoms with Gasteiger partial charge in [0.15, 0.2) is 0 Å². The molecule has 0 bridgehead atoms. The van der Waals surface area contributed by atoms with Crippen LogP contribution in [0.25, 0.3) is 0 Å². The predicted molar refractivity (Wildman–Crippen MR) is 114 cm³/mol. The molecule has 2 aliphatic rings. The Morgan fingerprint density at radius 2 is 2.00 bits per heavy atom. The van der Waals surface area contributed by atoms with Crippen LogP contribution in [-0.2, 0) is 10.2 Å². The molecule has 7 heteroatoms. The number of hydrogen-bond acceptors (Lipinski definition) is 5. The minimum absolute atomic E-state index is 0.00760. The molecule has 1 unspecified atom stereocenters. The van der Waals surface area contributed by atoms with Gasteiger partial charge in [0, 0.05) is 16.4 Å². The largest absolute Gasteiger partial charge is 0.446 e. The molecule has 3 aromatic rings. The molecule has 0 spiro atoms. The van der Waals surface area contributed by atoms with Crippen molar-refractivity contribution in [3.8, 4) is 0 Å². The van der Waals surface area contributed by atoms with Gasteiger partial charge >= 0.3 is 0 Å². The second kappa shape index (κ2) is 6.76. The number of nitrogens with two attached hydrogens (primary N) is 1. The molecule has 146 valence electrons. The first-order chi connectivity index (χ1) is 14.1. The Labute approximate surface area is 173 Å². The van der Waals surface area contributed by atoms with Crippen LogP contribution in [0.2, 0.25) is 5.02 Å². The molecule has 3 N–H and O–H groups in total. The molecule has 5 rings (SSSR count). The second-order valence-electron chi connectivity index (χ2n) is 7.37. The van der Waals surface area contributed by atoms with Crippen LogP contribution in [0.4, 0.5) is 17.3 Å². The number of hydrogen-bond donors (Lipinski definition) is 2. The Morgan fingerprint density at radius 3 is 2.72 bits per heavy atom. The lowest BCUT2D eigenvalue weighted by Gasteiger charge is -2.29. The maximum absolute atomic E-state index is 12.9. The number of nitrogens with one attached hydrogen (secondary N) is 1. The van der Waals surface area contributed by atoms with E-state index in [0.717, 1.165) is 35.3 Å². The normalized spacial score (nSPS) is 19.0. The summed E-state index contributed by atoms with van der Waals surface area (Å²) in [7, 11) is 0. The van der Waals surface area contributed by atoms with E-state index >= 15 is 0 Å². The number of carbonyl (C=O) groups is 1. The van der Waals surface area contributed by atoms with Gasteiger partial charge in [0.2, 0.25) is 11.8 Å². The molecule has 1 aliphatic carbocycles. The van der Waals surface area contributed by atoms with Crippen LogP contribution in [0.3, 0.4) is 0 Å². The minimum Gasteiger partial charge on any atom is -0.446 e. The molecule has 1 saturated carbocycles. The smallest absolute Gasteiger partial charge is 0.235 e. The van der Waals surface area contributed by atoms with Gasteiger partial charge in [-0.25, -0.2) is 4.99 Å². The summed E-state index contributed by atoms with van der Waals surface area (Å²) in [4.78, 5) is 19.1. The highest BCUT2D eigenvalue weighted by atomic mass is 35.5. The van der Waals surface area contributed by atoms with Crippen LogP contribution in [0, 0.1) is 0 Å². The monoisotopic (exact) mass is 406 g/mol. The number of benzene rings is 2. The first kappa shape index (κ1) is 18.0. The summed E-state index contributed by atoms with van der Waals surface area (Å²) in [5, 5.41) is 3.68. The molecule has 2 aromatic carbocycles. The number of halogens is 1. The van der Waals surface area contributed by atoms with Gasteiger partial charge in [-0.2, -0.15) is 0 Å². The third kappa shape index (κ3) is 3.10. The molecule has 2 heterocycles. The number of furan rings is 1. The van der Waals surface area contributed by atoms with Gasteiger partial charge in [0.25, 0.3) is 0 Å². The number of anilines is 2. The summed E-state index contributed by atoms with van der Waals surface area (Å²) in [6.07, 6.45) is 4.51. The minimum atomic E-state index is -0.483. The van der Waals surface area contributed by atoms with Crippen molar-refractivity contribution in [3.05, 3.63) is 77.0 Å². The van der Waals surface area contributed by atoms with Gasteiger partial charge in [0.1, 0.15) is 12.5 Å². The Morgan fingerprint density at radius 1 is 1.21 bits per heavy atom. The highest BCUT2D eigenvalue weighted by Crippen LogP contribution is 2.49. The van der Waals surface area contributed by atoms with Crippen molar-refractivity contribution in [3.63, 3.8) is 0 Å². The Bertz CT molecular complexity index is 1100. The topological polar surface area (TPSA) is 83.9 Å². The number of aliphatic imine (C=N–C) groups is 1. The number of rotatable bonds is 4. The van der Waals surface area contributed by atoms with Gasteiger partial charge in [-0.3, -0.25) is 4.79 Å². The molecule has 29 heavy (non-hydrogen) atoms. The average Bonchev–Trinajstić information content (AvgIpc) is 3.40. The van der Waals surface area contributed by atoms with Gasteiger partial charge in [-0.1, -0.05) is 23.7 Å². The van der Waals surface area contributed by atoms with E-state index in [1.807, 2.05) is 59.5 Å². The maximum Gasteiger partial charge on any atom is 0.235 e. The second-order valence-corrected chi connectivity index (χ2v) is 7.81. The number of carbonyl (C=O) groups excluding carboxylic acids is 1. The van der Waals surface area contributed by atoms with Crippen LogP contribution >= 0.6 is 11.6 Å². The van der Waals surface area contributed by atoms with Crippen LogP contribution in [-0.4, -0.2) is 12.2 Å². The summed E-state index contributed by atoms with van der Waals surface area (Å²) < 4.78 is 5.29. The van der Waals surface area contributed by atoms with Crippen molar-refractivity contribution in [1.29, 1.82) is 0 Å². The van der Waals surface area contributed by atoms with Crippen molar-refractivity contribution < 1.29 is 9.21 Å². The SMILES string of the molecule is NC1c2ccoc2N=CN1c1ccc(NC(=O)C2(c3cccc(Cl)c3)CC2)cc1. The summed E-state index contributed by atoms with van der Waals surface area (Å²) in [5.41, 5.74) is 9.25. The van der Waals surface area contributed by atoms with Gasteiger partial charge in [0.05, 0.1) is 17.2 Å². The molecule has 0 radical (unpaired) electrons. The number of fused-ring (bicyclic) bond motifs is 1. The van der Waals surface area contributed by atoms with Gasteiger partial charge in [-0.05, 0) is 60.9 Å². The first-order valence-corrected chi connectivity index (χ1v) is 9.78. The molecule has 1 atom stereocenters. The van der Waals surface area contributed by atoms with E-state index < -0.39 is 5.41 Å². The molecule has 1 amide bonds. The molecular formula is C22H19ClN4O2. The van der Waals surface area contributed by atoms with Crippen LogP contribution in [0.15, 0.2) is 70.3 Å². The fraction of sp³-hybridized carbons (Fsp3) is 0.182. The molecule has 1 fully saturated rings. The van der Waals surface area contributed by atoms with E-state index in [-0.39, 0.29) is 12.1 Å². The van der Waals surface area contributed by atoms with E-state index in [4.69, 9.17) is 21.8 Å². The summed E-state index contributed by atoms with van der Waals surface area (Å²) in [5.74, 6) is 0.528. The fourth-order valence-corrected chi connectivity index (χ4v) is 3.92.